The van der Waals surface area contributed by atoms with Crippen LogP contribution >= 0.6 is 0 Å². The Kier molecular flexibility index (Phi) is 4.33. The lowest BCUT2D eigenvalue weighted by atomic mass is 10.2. The van der Waals surface area contributed by atoms with Crippen molar-refractivity contribution in [1.29, 1.82) is 0 Å². The Morgan fingerprint density at radius 3 is 2.48 bits per heavy atom. The molecule has 0 saturated carbocycles. The molecule has 0 fully saturated rings. The maximum Gasteiger partial charge on any atom is 0.279 e. The molecule has 0 spiro atoms. The quantitative estimate of drug-likeness (QED) is 0.783. The van der Waals surface area contributed by atoms with Gasteiger partial charge in [0.05, 0.1) is 0 Å². The summed E-state index contributed by atoms with van der Waals surface area (Å²) in [6.07, 6.45) is 0. The lowest BCUT2D eigenvalue weighted by Gasteiger charge is -2.08. The van der Waals surface area contributed by atoms with Gasteiger partial charge in [0.1, 0.15) is 18.1 Å². The largest absolute Gasteiger partial charge is 0.489 e. The molecule has 1 amide bonds. The molecular formula is C17H15N3O3. The molecule has 23 heavy (non-hydrogen) atoms. The van der Waals surface area contributed by atoms with Gasteiger partial charge in [0.2, 0.25) is 0 Å². The van der Waals surface area contributed by atoms with Crippen molar-refractivity contribution in [2.75, 3.05) is 5.32 Å². The van der Waals surface area contributed by atoms with Crippen LogP contribution in [0.15, 0.2) is 59.2 Å². The number of aryl methyl sites for hydroxylation is 1. The second kappa shape index (κ2) is 6.74. The molecule has 6 nitrogen and oxygen atoms in total. The third kappa shape index (κ3) is 3.74. The van der Waals surface area contributed by atoms with E-state index in [0.717, 1.165) is 11.3 Å². The number of nitrogens with one attached hydrogen (secondary N) is 1. The highest BCUT2D eigenvalue weighted by Crippen LogP contribution is 2.18. The van der Waals surface area contributed by atoms with Gasteiger partial charge in [-0.05, 0) is 41.9 Å². The zero-order chi connectivity index (χ0) is 16.1. The topological polar surface area (TPSA) is 77.2 Å². The monoisotopic (exact) mass is 309 g/mol. The van der Waals surface area contributed by atoms with Gasteiger partial charge in [-0.1, -0.05) is 35.5 Å². The molecule has 0 radical (unpaired) electrons. The first-order valence-electron chi connectivity index (χ1n) is 7.09. The summed E-state index contributed by atoms with van der Waals surface area (Å²) in [7, 11) is 0. The van der Waals surface area contributed by atoms with Crippen LogP contribution in [0.25, 0.3) is 0 Å². The van der Waals surface area contributed by atoms with Gasteiger partial charge in [-0.15, -0.1) is 0 Å². The molecule has 0 bridgehead atoms. The highest BCUT2D eigenvalue weighted by molar-refractivity contribution is 6.03. The fraction of sp³-hybridized carbons (Fsp3) is 0.118. The van der Waals surface area contributed by atoms with Crippen LogP contribution in [-0.2, 0) is 6.61 Å². The minimum Gasteiger partial charge on any atom is -0.489 e. The van der Waals surface area contributed by atoms with E-state index in [0.29, 0.717) is 18.0 Å². The second-order valence-corrected chi connectivity index (χ2v) is 4.95. The Labute approximate surface area is 133 Å². The number of aromatic nitrogens is 2. The van der Waals surface area contributed by atoms with Crippen LogP contribution in [0.1, 0.15) is 21.7 Å². The summed E-state index contributed by atoms with van der Waals surface area (Å²) >= 11 is 0. The van der Waals surface area contributed by atoms with E-state index < -0.39 is 0 Å². The summed E-state index contributed by atoms with van der Waals surface area (Å²) in [4.78, 5) is 12.0. The van der Waals surface area contributed by atoms with E-state index in [1.54, 1.807) is 31.2 Å². The summed E-state index contributed by atoms with van der Waals surface area (Å²) in [5.74, 6) is 0.368. The summed E-state index contributed by atoms with van der Waals surface area (Å²) in [5, 5.41) is 9.88. The number of carbonyl (C=O) groups is 1. The van der Waals surface area contributed by atoms with Crippen molar-refractivity contribution in [3.05, 3.63) is 71.5 Å². The number of carbonyl (C=O) groups excluding carboxylic acids is 1. The van der Waals surface area contributed by atoms with Gasteiger partial charge in [0.15, 0.2) is 5.69 Å². The van der Waals surface area contributed by atoms with Gasteiger partial charge in [0.25, 0.3) is 5.91 Å². The molecule has 0 atom stereocenters. The van der Waals surface area contributed by atoms with Crippen LogP contribution in [0.2, 0.25) is 0 Å². The second-order valence-electron chi connectivity index (χ2n) is 4.95. The predicted molar refractivity (Wildman–Crippen MR) is 84.2 cm³/mol. The minimum absolute atomic E-state index is 0.175. The van der Waals surface area contributed by atoms with Crippen LogP contribution in [0.5, 0.6) is 5.75 Å². The number of nitrogens with zero attached hydrogens (tertiary/aromatic N) is 2. The minimum atomic E-state index is -0.360. The molecule has 3 aromatic rings. The van der Waals surface area contributed by atoms with Crippen molar-refractivity contribution in [1.82, 2.24) is 10.3 Å². The van der Waals surface area contributed by atoms with Crippen molar-refractivity contribution in [3.63, 3.8) is 0 Å². The van der Waals surface area contributed by atoms with E-state index in [-0.39, 0.29) is 11.6 Å². The number of amides is 1. The molecule has 6 heteroatoms. The van der Waals surface area contributed by atoms with Crippen molar-refractivity contribution >= 4 is 11.6 Å². The molecule has 116 valence electrons. The van der Waals surface area contributed by atoms with Gasteiger partial charge in [-0.2, -0.15) is 0 Å². The normalized spacial score (nSPS) is 10.3. The van der Waals surface area contributed by atoms with Gasteiger partial charge in [0, 0.05) is 5.69 Å². The Morgan fingerprint density at radius 1 is 1.09 bits per heavy atom. The van der Waals surface area contributed by atoms with E-state index in [1.807, 2.05) is 30.3 Å². The number of hydrogen-bond acceptors (Lipinski definition) is 5. The summed E-state index contributed by atoms with van der Waals surface area (Å²) in [6.45, 7) is 2.16. The maximum atomic E-state index is 12.0. The van der Waals surface area contributed by atoms with Crippen molar-refractivity contribution in [2.24, 2.45) is 0 Å². The van der Waals surface area contributed by atoms with E-state index >= 15 is 0 Å². The number of hydrogen-bond donors (Lipinski definition) is 1. The van der Waals surface area contributed by atoms with Gasteiger partial charge in [-0.3, -0.25) is 4.79 Å². The number of ether oxygens (including phenoxy) is 1. The first-order chi connectivity index (χ1) is 11.2. The maximum absolute atomic E-state index is 12.0. The molecular weight excluding hydrogens is 294 g/mol. The van der Waals surface area contributed by atoms with E-state index in [2.05, 4.69) is 20.3 Å². The number of anilines is 1. The van der Waals surface area contributed by atoms with E-state index in [9.17, 15) is 4.79 Å². The van der Waals surface area contributed by atoms with Crippen LogP contribution in [0, 0.1) is 6.92 Å². The molecule has 2 aromatic carbocycles. The molecule has 1 aromatic heterocycles. The lowest BCUT2D eigenvalue weighted by Crippen LogP contribution is -2.13. The summed E-state index contributed by atoms with van der Waals surface area (Å²) in [6, 6.07) is 17.0. The standard InChI is InChI=1S/C17H15N3O3/c1-12-16(20-23-19-12)17(21)18-14-7-9-15(10-8-14)22-11-13-5-3-2-4-6-13/h2-10H,11H2,1H3,(H,18,21). The number of rotatable bonds is 5. The van der Waals surface area contributed by atoms with Crippen LogP contribution in [0.4, 0.5) is 5.69 Å². The highest BCUT2D eigenvalue weighted by Gasteiger charge is 2.14. The van der Waals surface area contributed by atoms with Crippen molar-refractivity contribution in [3.8, 4) is 5.75 Å². The smallest absolute Gasteiger partial charge is 0.279 e. The molecule has 1 heterocycles. The average molecular weight is 309 g/mol. The van der Waals surface area contributed by atoms with E-state index in [4.69, 9.17) is 4.74 Å². The van der Waals surface area contributed by atoms with Crippen molar-refractivity contribution in [2.45, 2.75) is 13.5 Å². The first-order valence-corrected chi connectivity index (χ1v) is 7.09. The van der Waals surface area contributed by atoms with E-state index in [1.165, 1.54) is 0 Å². The molecule has 0 saturated heterocycles. The fourth-order valence-corrected chi connectivity index (χ4v) is 2.00. The highest BCUT2D eigenvalue weighted by atomic mass is 16.6. The summed E-state index contributed by atoms with van der Waals surface area (Å²) in [5.41, 5.74) is 2.36. The third-order valence-corrected chi connectivity index (χ3v) is 3.23. The van der Waals surface area contributed by atoms with Gasteiger partial charge < -0.3 is 10.1 Å². The van der Waals surface area contributed by atoms with Crippen LogP contribution < -0.4 is 10.1 Å². The van der Waals surface area contributed by atoms with Gasteiger partial charge in [-0.25, -0.2) is 4.63 Å². The zero-order valence-electron chi connectivity index (χ0n) is 12.5. The Bertz CT molecular complexity index is 782. The Morgan fingerprint density at radius 2 is 1.83 bits per heavy atom. The number of benzene rings is 2. The van der Waals surface area contributed by atoms with Gasteiger partial charge >= 0.3 is 0 Å². The van der Waals surface area contributed by atoms with Crippen molar-refractivity contribution < 1.29 is 14.2 Å². The lowest BCUT2D eigenvalue weighted by molar-refractivity contribution is 0.101. The molecule has 3 rings (SSSR count). The Hall–Kier alpha value is -3.15. The van der Waals surface area contributed by atoms with Crippen LogP contribution in [0.3, 0.4) is 0 Å². The molecule has 0 aliphatic heterocycles. The average Bonchev–Trinajstić information content (AvgIpc) is 3.01. The first kappa shape index (κ1) is 14.8. The molecule has 0 aliphatic carbocycles. The SMILES string of the molecule is Cc1nonc1C(=O)Nc1ccc(OCc2ccccc2)cc1. The molecule has 1 N–H and O–H groups in total. The van der Waals surface area contributed by atoms with Crippen LogP contribution in [-0.4, -0.2) is 16.2 Å². The predicted octanol–water partition coefficient (Wildman–Crippen LogP) is 3.21. The summed E-state index contributed by atoms with van der Waals surface area (Å²) < 4.78 is 10.2. The molecule has 0 aliphatic rings. The zero-order valence-corrected chi connectivity index (χ0v) is 12.5. The Balaban J connectivity index is 1.59. The third-order valence-electron chi connectivity index (χ3n) is 3.23. The molecule has 0 unspecified atom stereocenters. The fourth-order valence-electron chi connectivity index (χ4n) is 2.00.